The van der Waals surface area contributed by atoms with Gasteiger partial charge < -0.3 is 35.0 Å². The second-order valence-corrected chi connectivity index (χ2v) is 9.11. The SMILES string of the molecule is CSCC[C@H](N)C(=O)OC[C@H]1O[C@@H](Cn2cnc3c(N)ncnc32)[C@@H]2OC(C)(C)O[C@@H]21. The summed E-state index contributed by atoms with van der Waals surface area (Å²) in [5.41, 5.74) is 12.9. The molecule has 2 saturated heterocycles. The van der Waals surface area contributed by atoms with E-state index in [1.54, 1.807) is 18.1 Å². The molecule has 0 aromatic carbocycles. The first-order chi connectivity index (χ1) is 14.8. The molecule has 0 saturated carbocycles. The Morgan fingerprint density at radius 3 is 2.77 bits per heavy atom. The summed E-state index contributed by atoms with van der Waals surface area (Å²) < 4.78 is 25.6. The number of aromatic nitrogens is 4. The van der Waals surface area contributed by atoms with Crippen molar-refractivity contribution in [3.05, 3.63) is 12.7 Å². The van der Waals surface area contributed by atoms with Crippen molar-refractivity contribution in [1.29, 1.82) is 0 Å². The molecule has 12 heteroatoms. The Morgan fingerprint density at radius 2 is 2.03 bits per heavy atom. The summed E-state index contributed by atoms with van der Waals surface area (Å²) >= 11 is 1.63. The molecule has 0 bridgehead atoms. The minimum absolute atomic E-state index is 0.0443. The van der Waals surface area contributed by atoms with Crippen LogP contribution in [0.2, 0.25) is 0 Å². The molecule has 0 unspecified atom stereocenters. The Morgan fingerprint density at radius 1 is 1.29 bits per heavy atom. The maximum atomic E-state index is 12.2. The number of hydrogen-bond acceptors (Lipinski definition) is 11. The van der Waals surface area contributed by atoms with Crippen LogP contribution in [0, 0.1) is 0 Å². The number of anilines is 1. The van der Waals surface area contributed by atoms with Gasteiger partial charge in [0.2, 0.25) is 0 Å². The number of carbonyl (C=O) groups excluding carboxylic acids is 1. The zero-order valence-corrected chi connectivity index (χ0v) is 18.6. The van der Waals surface area contributed by atoms with Gasteiger partial charge in [0.25, 0.3) is 0 Å². The predicted octanol–water partition coefficient (Wildman–Crippen LogP) is 0.320. The van der Waals surface area contributed by atoms with Crippen LogP contribution >= 0.6 is 11.8 Å². The Kier molecular flexibility index (Phi) is 6.35. The largest absolute Gasteiger partial charge is 0.462 e. The molecule has 11 nitrogen and oxygen atoms in total. The summed E-state index contributed by atoms with van der Waals surface area (Å²) in [7, 11) is 0. The number of imidazole rings is 1. The standard InChI is InChI=1S/C19H28N6O5S/c1-19(2)29-14-11(6-25-9-24-13-16(21)22-8-23-17(13)25)28-12(15(14)30-19)7-27-18(26)10(20)4-5-31-3/h8-12,14-15H,4-7,20H2,1-3H3,(H2,21,22,23)/t10-,11-,12+,14-,15+/m0/s1. The number of carbonyl (C=O) groups is 1. The van der Waals surface area contributed by atoms with Gasteiger partial charge in [0.1, 0.15) is 48.9 Å². The van der Waals surface area contributed by atoms with Crippen molar-refractivity contribution in [2.45, 2.75) is 63.1 Å². The number of hydrogen-bond donors (Lipinski definition) is 2. The fraction of sp³-hybridized carbons (Fsp3) is 0.684. The molecule has 5 atom stereocenters. The van der Waals surface area contributed by atoms with Gasteiger partial charge in [-0.2, -0.15) is 11.8 Å². The van der Waals surface area contributed by atoms with Crippen LogP contribution < -0.4 is 11.5 Å². The number of esters is 1. The molecule has 0 amide bonds. The summed E-state index contributed by atoms with van der Waals surface area (Å²) in [5.74, 6) is -0.0966. The lowest BCUT2D eigenvalue weighted by molar-refractivity contribution is -0.194. The van der Waals surface area contributed by atoms with E-state index in [1.165, 1.54) is 6.33 Å². The van der Waals surface area contributed by atoms with E-state index in [0.717, 1.165) is 5.75 Å². The highest BCUT2D eigenvalue weighted by Gasteiger charge is 2.55. The van der Waals surface area contributed by atoms with Gasteiger partial charge >= 0.3 is 5.97 Å². The Bertz CT molecular complexity index is 940. The van der Waals surface area contributed by atoms with E-state index in [0.29, 0.717) is 29.9 Å². The zero-order chi connectivity index (χ0) is 22.2. The highest BCUT2D eigenvalue weighted by Crippen LogP contribution is 2.39. The molecule has 0 spiro atoms. The summed E-state index contributed by atoms with van der Waals surface area (Å²) in [4.78, 5) is 24.8. The van der Waals surface area contributed by atoms with Crippen molar-refractivity contribution >= 4 is 34.7 Å². The van der Waals surface area contributed by atoms with E-state index in [4.69, 9.17) is 30.4 Å². The van der Waals surface area contributed by atoms with Crippen LogP contribution in [0.15, 0.2) is 12.7 Å². The van der Waals surface area contributed by atoms with E-state index in [2.05, 4.69) is 15.0 Å². The quantitative estimate of drug-likeness (QED) is 0.533. The maximum absolute atomic E-state index is 12.2. The van der Waals surface area contributed by atoms with E-state index in [-0.39, 0.29) is 24.9 Å². The minimum atomic E-state index is -0.766. The molecule has 4 rings (SSSR count). The van der Waals surface area contributed by atoms with Gasteiger partial charge in [-0.05, 0) is 32.3 Å². The van der Waals surface area contributed by atoms with Crippen molar-refractivity contribution < 1.29 is 23.7 Å². The molecular weight excluding hydrogens is 424 g/mol. The Hall–Kier alpha value is -1.99. The fourth-order valence-corrected chi connectivity index (χ4v) is 4.40. The maximum Gasteiger partial charge on any atom is 0.323 e. The molecule has 2 aliphatic heterocycles. The minimum Gasteiger partial charge on any atom is -0.462 e. The van der Waals surface area contributed by atoms with Crippen LogP contribution in [0.5, 0.6) is 0 Å². The van der Waals surface area contributed by atoms with Crippen LogP contribution in [0.1, 0.15) is 20.3 Å². The van der Waals surface area contributed by atoms with Crippen LogP contribution in [0.3, 0.4) is 0 Å². The lowest BCUT2D eigenvalue weighted by atomic mass is 10.1. The lowest BCUT2D eigenvalue weighted by Crippen LogP contribution is -2.38. The van der Waals surface area contributed by atoms with E-state index < -0.39 is 23.9 Å². The van der Waals surface area contributed by atoms with Gasteiger partial charge in [0, 0.05) is 0 Å². The highest BCUT2D eigenvalue weighted by molar-refractivity contribution is 7.98. The molecular formula is C19H28N6O5S. The number of rotatable bonds is 8. The van der Waals surface area contributed by atoms with Crippen molar-refractivity contribution in [2.24, 2.45) is 5.73 Å². The number of thioether (sulfide) groups is 1. The summed E-state index contributed by atoms with van der Waals surface area (Å²) in [6, 6.07) is -0.653. The number of nitrogens with zero attached hydrogens (tertiary/aromatic N) is 4. The third kappa shape index (κ3) is 4.62. The van der Waals surface area contributed by atoms with E-state index >= 15 is 0 Å². The predicted molar refractivity (Wildman–Crippen MR) is 114 cm³/mol. The zero-order valence-electron chi connectivity index (χ0n) is 17.8. The average Bonchev–Trinajstić information content (AvgIpc) is 3.37. The monoisotopic (exact) mass is 452 g/mol. The van der Waals surface area contributed by atoms with Gasteiger partial charge in [-0.25, -0.2) is 15.0 Å². The summed E-state index contributed by atoms with van der Waals surface area (Å²) in [5, 5.41) is 0. The normalized spacial score (nSPS) is 28.0. The van der Waals surface area contributed by atoms with E-state index in [1.807, 2.05) is 24.7 Å². The first kappa shape index (κ1) is 22.2. The van der Waals surface area contributed by atoms with Gasteiger partial charge in [-0.1, -0.05) is 0 Å². The molecule has 0 aliphatic carbocycles. The van der Waals surface area contributed by atoms with Gasteiger partial charge in [-0.15, -0.1) is 0 Å². The number of nitrogens with two attached hydrogens (primary N) is 2. The first-order valence-corrected chi connectivity index (χ1v) is 11.5. The van der Waals surface area contributed by atoms with Gasteiger partial charge in [0.05, 0.1) is 12.9 Å². The summed E-state index contributed by atoms with van der Waals surface area (Å²) in [6.07, 6.45) is 4.05. The molecule has 170 valence electrons. The number of nitrogen functional groups attached to an aromatic ring is 1. The number of fused-ring (bicyclic) bond motifs is 2. The second kappa shape index (κ2) is 8.87. The Labute approximate surface area is 184 Å². The molecule has 2 aliphatic rings. The number of ether oxygens (including phenoxy) is 4. The highest BCUT2D eigenvalue weighted by atomic mass is 32.2. The topological polar surface area (TPSA) is 150 Å². The van der Waals surface area contributed by atoms with Crippen LogP contribution in [0.4, 0.5) is 5.82 Å². The molecule has 2 aromatic heterocycles. The lowest BCUT2D eigenvalue weighted by Gasteiger charge is -2.24. The van der Waals surface area contributed by atoms with E-state index in [9.17, 15) is 4.79 Å². The molecule has 4 N–H and O–H groups in total. The van der Waals surface area contributed by atoms with Crippen molar-refractivity contribution in [1.82, 2.24) is 19.5 Å². The average molecular weight is 453 g/mol. The smallest absolute Gasteiger partial charge is 0.323 e. The van der Waals surface area contributed by atoms with Crippen LogP contribution in [-0.2, 0) is 30.3 Å². The molecule has 31 heavy (non-hydrogen) atoms. The van der Waals surface area contributed by atoms with Gasteiger partial charge in [0.15, 0.2) is 17.3 Å². The fourth-order valence-electron chi connectivity index (χ4n) is 3.91. The third-order valence-electron chi connectivity index (χ3n) is 5.38. The van der Waals surface area contributed by atoms with Crippen LogP contribution in [0.25, 0.3) is 11.2 Å². The van der Waals surface area contributed by atoms with Gasteiger partial charge in [-0.3, -0.25) is 4.79 Å². The van der Waals surface area contributed by atoms with Crippen LogP contribution in [-0.4, -0.2) is 80.3 Å². The first-order valence-electron chi connectivity index (χ1n) is 10.1. The third-order valence-corrected chi connectivity index (χ3v) is 6.02. The van der Waals surface area contributed by atoms with Crippen molar-refractivity contribution in [3.63, 3.8) is 0 Å². The van der Waals surface area contributed by atoms with Crippen molar-refractivity contribution in [2.75, 3.05) is 24.3 Å². The molecule has 4 heterocycles. The summed E-state index contributed by atoms with van der Waals surface area (Å²) in [6.45, 7) is 4.17. The second-order valence-electron chi connectivity index (χ2n) is 8.12. The molecule has 2 fully saturated rings. The van der Waals surface area contributed by atoms with Crippen molar-refractivity contribution in [3.8, 4) is 0 Å². The Balaban J connectivity index is 1.45. The molecule has 0 radical (unpaired) electrons. The molecule has 2 aromatic rings.